The molecule has 0 unspecified atom stereocenters. The fourth-order valence-corrected chi connectivity index (χ4v) is 5.06. The normalized spacial score (nSPS) is 10.1. The van der Waals surface area contributed by atoms with Crippen LogP contribution in [0.4, 0.5) is 22.9 Å². The Morgan fingerprint density at radius 2 is 0.831 bits per heavy atom. The molecule has 19 nitrogen and oxygen atoms in total. The van der Waals surface area contributed by atoms with Crippen LogP contribution in [0.2, 0.25) is 0 Å². The molecule has 6 heterocycles. The van der Waals surface area contributed by atoms with Gasteiger partial charge in [0.05, 0.1) is 18.1 Å². The zero-order valence-corrected chi connectivity index (χ0v) is 55.1. The van der Waals surface area contributed by atoms with Crippen molar-refractivity contribution in [3.8, 4) is 0 Å². The van der Waals surface area contributed by atoms with E-state index >= 15 is 0 Å². The Kier molecular flexibility index (Phi) is 33.7. The Morgan fingerprint density at radius 3 is 1.13 bits per heavy atom. The number of benzene rings is 3. The third-order valence-corrected chi connectivity index (χ3v) is 9.07. The summed E-state index contributed by atoms with van der Waals surface area (Å²) in [4.78, 5) is 58.4. The molecule has 5 N–H and O–H groups in total. The van der Waals surface area contributed by atoms with E-state index in [1.165, 1.54) is 37.2 Å². The van der Waals surface area contributed by atoms with Crippen LogP contribution in [0.5, 0.6) is 0 Å². The predicted octanol–water partition coefficient (Wildman–Crippen LogP) is 0.807. The minimum Gasteiger partial charge on any atom is -0.470 e. The minimum atomic E-state index is -0.378. The standard InChI is InChI=1S/C12H10N3O.C11H9N4O.C11H8N3O.3C7H10NO.3K/c1-9-7-14-11(8-13-9)12(16)15-10-5-3-2-4-6-10;12-10-9(13-6-7-14-10)11(16)15-8-4-2-1-3-5-8;15-11(10-8-12-6-7-13-10)14-9-4-2-1-3-5-9;3*1-7(2,3)6-4-5-8-9-6;;;/h3-8H,1H3,(H,15,16);2-7H,(H2,12,14)(H,15,16);2-8H,(H,14,15);3*4H,1-3H3;;;/q6*-1;3*+1. The van der Waals surface area contributed by atoms with Crippen molar-refractivity contribution in [3.05, 3.63) is 211 Å². The predicted molar refractivity (Wildman–Crippen MR) is 277 cm³/mol. The number of hydrogen-bond donors (Lipinski definition) is 4. The molecule has 0 aliphatic rings. The molecule has 0 aliphatic carbocycles. The monoisotopic (exact) mass is 1110 g/mol. The molecule has 384 valence electrons. The summed E-state index contributed by atoms with van der Waals surface area (Å²) in [6.45, 7) is 20.5. The second-order valence-corrected chi connectivity index (χ2v) is 18.4. The molecule has 0 radical (unpaired) electrons. The quantitative estimate of drug-likeness (QED) is 0.133. The largest absolute Gasteiger partial charge is 1.00 e. The Morgan fingerprint density at radius 1 is 0.468 bits per heavy atom. The second kappa shape index (κ2) is 36.7. The number of nitrogens with two attached hydrogens (primary N) is 1. The van der Waals surface area contributed by atoms with Gasteiger partial charge in [-0.1, -0.05) is 79.4 Å². The average molecular weight is 1110 g/mol. The SMILES string of the molecule is CC(C)(C)c1c[c-]no1.CC(C)(C)c1c[c-]no1.CC(C)(C)c1c[c-]no1.Cc1cnc(C(=O)Nc2cc[c-]cc2)cn1.Nc1nccnc1C(=O)Nc1cc[c-]cc1.O=C(Nc1cc[c-]cc1)c1cnccn1.[K+].[K+].[K+]. The van der Waals surface area contributed by atoms with Crippen LogP contribution in [-0.4, -0.2) is 63.1 Å². The Balaban J connectivity index is 0.000000467. The molecule has 0 atom stereocenters. The molecular formula is C55H57K3N13O6-3. The van der Waals surface area contributed by atoms with Crippen molar-refractivity contribution in [2.75, 3.05) is 21.7 Å². The first kappa shape index (κ1) is 70.7. The number of nitrogen functional groups attached to an aromatic ring is 1. The van der Waals surface area contributed by atoms with Gasteiger partial charge in [0.15, 0.2) is 11.5 Å². The Hall–Kier alpha value is -4.35. The van der Waals surface area contributed by atoms with Gasteiger partial charge >= 0.3 is 154 Å². The summed E-state index contributed by atoms with van der Waals surface area (Å²) in [5, 5.41) is 18.5. The zero-order chi connectivity index (χ0) is 54.0. The van der Waals surface area contributed by atoms with Gasteiger partial charge in [-0.15, -0.1) is 55.0 Å². The van der Waals surface area contributed by atoms with Crippen molar-refractivity contribution < 1.29 is 182 Å². The first-order valence-corrected chi connectivity index (χ1v) is 22.6. The van der Waals surface area contributed by atoms with E-state index in [4.69, 9.17) is 19.3 Å². The summed E-state index contributed by atoms with van der Waals surface area (Å²) in [5.41, 5.74) is 9.31. The third kappa shape index (κ3) is 27.9. The fourth-order valence-electron chi connectivity index (χ4n) is 5.06. The maximum absolute atomic E-state index is 11.7. The number of carbonyl (C=O) groups is 3. The molecule has 9 aromatic rings. The van der Waals surface area contributed by atoms with Crippen LogP contribution < -0.4 is 176 Å². The van der Waals surface area contributed by atoms with E-state index in [0.717, 1.165) is 23.0 Å². The van der Waals surface area contributed by atoms with E-state index in [1.807, 2.05) is 6.92 Å². The molecule has 6 aromatic heterocycles. The van der Waals surface area contributed by atoms with Gasteiger partial charge in [0.1, 0.15) is 11.4 Å². The average Bonchev–Trinajstić information content (AvgIpc) is 4.23. The van der Waals surface area contributed by atoms with E-state index in [0.29, 0.717) is 28.5 Å². The Labute approximate surface area is 577 Å². The molecule has 9 rings (SSSR count). The topological polar surface area (TPSA) is 269 Å². The molecule has 0 saturated carbocycles. The molecule has 0 bridgehead atoms. The number of aryl methyl sites for hydroxylation is 1. The van der Waals surface area contributed by atoms with Crippen molar-refractivity contribution in [1.82, 2.24) is 45.4 Å². The van der Waals surface area contributed by atoms with E-state index in [1.54, 1.807) is 97.2 Å². The van der Waals surface area contributed by atoms with Crippen LogP contribution in [0.25, 0.3) is 0 Å². The van der Waals surface area contributed by atoms with Gasteiger partial charge in [0, 0.05) is 31.0 Å². The molecule has 22 heteroatoms. The van der Waals surface area contributed by atoms with Gasteiger partial charge < -0.3 is 35.3 Å². The summed E-state index contributed by atoms with van der Waals surface area (Å²) in [7, 11) is 0. The van der Waals surface area contributed by atoms with E-state index < -0.39 is 0 Å². The minimum absolute atomic E-state index is 0. The zero-order valence-electron chi connectivity index (χ0n) is 45.8. The first-order chi connectivity index (χ1) is 35.2. The third-order valence-electron chi connectivity index (χ3n) is 9.07. The van der Waals surface area contributed by atoms with Crippen molar-refractivity contribution in [3.63, 3.8) is 0 Å². The van der Waals surface area contributed by atoms with Crippen LogP contribution in [0.1, 0.15) is 117 Å². The van der Waals surface area contributed by atoms with E-state index in [-0.39, 0.29) is 200 Å². The summed E-state index contributed by atoms with van der Waals surface area (Å²) in [5.74, 6) is 1.83. The summed E-state index contributed by atoms with van der Waals surface area (Å²) >= 11 is 0. The molecular weight excluding hydrogens is 1060 g/mol. The smallest absolute Gasteiger partial charge is 0.470 e. The molecule has 0 fully saturated rings. The number of amides is 3. The van der Waals surface area contributed by atoms with Crippen LogP contribution in [-0.2, 0) is 16.2 Å². The van der Waals surface area contributed by atoms with Gasteiger partial charge in [0.25, 0.3) is 17.7 Å². The van der Waals surface area contributed by atoms with Crippen molar-refractivity contribution in [1.29, 1.82) is 0 Å². The summed E-state index contributed by atoms with van der Waals surface area (Å²) in [6.07, 6.45) is 18.2. The molecule has 0 saturated heterocycles. The van der Waals surface area contributed by atoms with Crippen molar-refractivity contribution >= 4 is 40.6 Å². The van der Waals surface area contributed by atoms with E-state index in [9.17, 15) is 14.4 Å². The van der Waals surface area contributed by atoms with Gasteiger partial charge in [-0.05, 0) is 40.4 Å². The van der Waals surface area contributed by atoms with Gasteiger partial charge in [-0.2, -0.15) is 72.8 Å². The molecule has 77 heavy (non-hydrogen) atoms. The first-order valence-electron chi connectivity index (χ1n) is 22.6. The summed E-state index contributed by atoms with van der Waals surface area (Å²) in [6, 6.07) is 34.7. The summed E-state index contributed by atoms with van der Waals surface area (Å²) < 4.78 is 14.7. The number of hydrogen-bond acceptors (Lipinski definition) is 16. The number of nitrogens with zero attached hydrogens (tertiary/aromatic N) is 9. The molecule has 0 spiro atoms. The fraction of sp³-hybridized carbons (Fsp3) is 0.236. The van der Waals surface area contributed by atoms with Crippen LogP contribution in [0.15, 0.2) is 148 Å². The Bertz CT molecular complexity index is 2870. The number of aromatic nitrogens is 9. The number of nitrogens with one attached hydrogen (secondary N) is 3. The van der Waals surface area contributed by atoms with E-state index in [2.05, 4.69) is 160 Å². The number of anilines is 4. The van der Waals surface area contributed by atoms with Gasteiger partial charge in [-0.3, -0.25) is 24.4 Å². The number of rotatable bonds is 6. The second-order valence-electron chi connectivity index (χ2n) is 18.4. The van der Waals surface area contributed by atoms with Crippen molar-refractivity contribution in [2.45, 2.75) is 85.5 Å². The molecule has 3 amide bonds. The van der Waals surface area contributed by atoms with Crippen LogP contribution in [0.3, 0.4) is 0 Å². The van der Waals surface area contributed by atoms with Gasteiger partial charge in [-0.25, -0.2) is 35.4 Å². The van der Waals surface area contributed by atoms with Gasteiger partial charge in [0.2, 0.25) is 0 Å². The molecule has 0 aliphatic heterocycles. The van der Waals surface area contributed by atoms with Crippen LogP contribution >= 0.6 is 0 Å². The van der Waals surface area contributed by atoms with Crippen molar-refractivity contribution in [2.24, 2.45) is 0 Å². The maximum atomic E-state index is 11.7. The number of carbonyl (C=O) groups excluding carboxylic acids is 3. The molecule has 3 aromatic carbocycles. The maximum Gasteiger partial charge on any atom is 1.00 e. The van der Waals surface area contributed by atoms with Crippen LogP contribution in [0, 0.1) is 43.7 Å².